The van der Waals surface area contributed by atoms with Crippen LogP contribution in [0.25, 0.3) is 0 Å². The Hall–Kier alpha value is -1.36. The van der Waals surface area contributed by atoms with E-state index in [0.29, 0.717) is 18.4 Å². The molecule has 2 amide bonds. The molecule has 0 radical (unpaired) electrons. The van der Waals surface area contributed by atoms with Crippen LogP contribution in [0.1, 0.15) is 56.2 Å². The van der Waals surface area contributed by atoms with E-state index < -0.39 is 0 Å². The highest BCUT2D eigenvalue weighted by molar-refractivity contribution is 7.10. The largest absolute Gasteiger partial charge is 0.352 e. The molecule has 2 atom stereocenters. The zero-order chi connectivity index (χ0) is 16.5. The molecule has 5 heteroatoms. The van der Waals surface area contributed by atoms with Gasteiger partial charge in [0.15, 0.2) is 0 Å². The summed E-state index contributed by atoms with van der Waals surface area (Å²) in [5.41, 5.74) is 0.956. The molecule has 1 N–H and O–H groups in total. The third-order valence-electron chi connectivity index (χ3n) is 5.85. The second-order valence-electron chi connectivity index (χ2n) is 7.53. The molecule has 0 bridgehead atoms. The predicted octanol–water partition coefficient (Wildman–Crippen LogP) is 3.50. The number of carbonyl (C=O) groups excluding carboxylic acids is 2. The number of amides is 2. The maximum absolute atomic E-state index is 12.5. The molecular formula is C19H26N2O2S. The van der Waals surface area contributed by atoms with Crippen LogP contribution in [0, 0.1) is 11.8 Å². The van der Waals surface area contributed by atoms with E-state index >= 15 is 0 Å². The van der Waals surface area contributed by atoms with E-state index in [0.717, 1.165) is 30.9 Å². The average Bonchev–Trinajstić information content (AvgIpc) is 3.23. The summed E-state index contributed by atoms with van der Waals surface area (Å²) < 4.78 is 0. The smallest absolute Gasteiger partial charge is 0.240 e. The van der Waals surface area contributed by atoms with E-state index in [1.54, 1.807) is 16.2 Å². The zero-order valence-corrected chi connectivity index (χ0v) is 14.9. The number of nitrogens with one attached hydrogen (secondary N) is 1. The van der Waals surface area contributed by atoms with Crippen LogP contribution in [0.15, 0.2) is 11.4 Å². The number of hydrogen-bond donors (Lipinski definition) is 1. The summed E-state index contributed by atoms with van der Waals surface area (Å²) in [7, 11) is 0. The molecule has 2 aliphatic carbocycles. The maximum Gasteiger partial charge on any atom is 0.240 e. The average molecular weight is 346 g/mol. The van der Waals surface area contributed by atoms with E-state index in [2.05, 4.69) is 5.32 Å². The Morgan fingerprint density at radius 1 is 1.21 bits per heavy atom. The predicted molar refractivity (Wildman–Crippen MR) is 96.2 cm³/mol. The molecule has 130 valence electrons. The molecule has 0 spiro atoms. The molecule has 0 unspecified atom stereocenters. The molecule has 4 rings (SSSR count). The quantitative estimate of drug-likeness (QED) is 0.907. The molecule has 0 saturated heterocycles. The molecule has 1 aliphatic heterocycles. The van der Waals surface area contributed by atoms with Gasteiger partial charge in [-0.2, -0.15) is 0 Å². The molecule has 24 heavy (non-hydrogen) atoms. The minimum Gasteiger partial charge on any atom is -0.352 e. The van der Waals surface area contributed by atoms with Gasteiger partial charge in [-0.3, -0.25) is 9.59 Å². The summed E-state index contributed by atoms with van der Waals surface area (Å²) in [6.45, 7) is 0.177. The lowest BCUT2D eigenvalue weighted by atomic mass is 9.85. The van der Waals surface area contributed by atoms with E-state index in [-0.39, 0.29) is 18.4 Å². The Labute approximate surface area is 147 Å². The first-order valence-electron chi connectivity index (χ1n) is 9.38. The van der Waals surface area contributed by atoms with Crippen LogP contribution in [-0.2, 0) is 16.0 Å². The van der Waals surface area contributed by atoms with E-state index in [1.165, 1.54) is 37.0 Å². The molecule has 2 saturated carbocycles. The third-order valence-corrected chi connectivity index (χ3v) is 6.82. The fraction of sp³-hybridized carbons (Fsp3) is 0.684. The van der Waals surface area contributed by atoms with Crippen LogP contribution in [0.5, 0.6) is 0 Å². The topological polar surface area (TPSA) is 49.4 Å². The van der Waals surface area contributed by atoms with Gasteiger partial charge in [-0.1, -0.05) is 32.1 Å². The molecule has 1 aromatic heterocycles. The van der Waals surface area contributed by atoms with Gasteiger partial charge in [-0.15, -0.1) is 11.3 Å². The third kappa shape index (κ3) is 3.37. The van der Waals surface area contributed by atoms with Crippen LogP contribution >= 0.6 is 11.3 Å². The van der Waals surface area contributed by atoms with Crippen molar-refractivity contribution in [3.8, 4) is 0 Å². The van der Waals surface area contributed by atoms with Gasteiger partial charge in [0, 0.05) is 17.3 Å². The summed E-state index contributed by atoms with van der Waals surface area (Å²) in [5.74, 6) is 1.59. The van der Waals surface area contributed by atoms with Gasteiger partial charge >= 0.3 is 0 Å². The Kier molecular flexibility index (Phi) is 4.61. The molecule has 2 fully saturated rings. The van der Waals surface area contributed by atoms with Gasteiger partial charge in [0.2, 0.25) is 11.8 Å². The summed E-state index contributed by atoms with van der Waals surface area (Å²) in [4.78, 5) is 27.8. The summed E-state index contributed by atoms with van der Waals surface area (Å²) in [5, 5.41) is 5.21. The Balaban J connectivity index is 1.34. The number of anilines is 1. The highest BCUT2D eigenvalue weighted by Gasteiger charge is 2.44. The standard InChI is InChI=1S/C19H26N2O2S/c22-18(20-15-11-14(15)13-5-2-1-3-6-13)12-21-16-9-10-24-17(16)7-4-8-19(21)23/h9-10,13-15H,1-8,11-12H2,(H,20,22)/t14-,15+/m1/s1. The summed E-state index contributed by atoms with van der Waals surface area (Å²) >= 11 is 1.69. The van der Waals surface area contributed by atoms with Crippen molar-refractivity contribution in [1.82, 2.24) is 5.32 Å². The Morgan fingerprint density at radius 3 is 2.88 bits per heavy atom. The minimum absolute atomic E-state index is 0.00529. The van der Waals surface area contributed by atoms with Gasteiger partial charge < -0.3 is 10.2 Å². The van der Waals surface area contributed by atoms with Crippen molar-refractivity contribution < 1.29 is 9.59 Å². The first kappa shape index (κ1) is 16.1. The number of rotatable bonds is 4. The Morgan fingerprint density at radius 2 is 2.04 bits per heavy atom. The number of nitrogens with zero attached hydrogens (tertiary/aromatic N) is 1. The number of carbonyl (C=O) groups is 2. The van der Waals surface area contributed by atoms with Gasteiger partial charge in [0.1, 0.15) is 6.54 Å². The van der Waals surface area contributed by atoms with E-state index in [4.69, 9.17) is 0 Å². The van der Waals surface area contributed by atoms with Crippen LogP contribution < -0.4 is 10.2 Å². The number of thiophene rings is 1. The molecule has 0 aromatic carbocycles. The number of aryl methyl sites for hydroxylation is 1. The fourth-order valence-corrected chi connectivity index (χ4v) is 5.39. The Bertz CT molecular complexity index is 621. The normalized spacial score (nSPS) is 27.5. The highest BCUT2D eigenvalue weighted by atomic mass is 32.1. The summed E-state index contributed by atoms with van der Waals surface area (Å²) in [6, 6.07) is 2.34. The fourth-order valence-electron chi connectivity index (χ4n) is 4.46. The van der Waals surface area contributed by atoms with Crippen molar-refractivity contribution >= 4 is 28.8 Å². The summed E-state index contributed by atoms with van der Waals surface area (Å²) in [6.07, 6.45) is 10.3. The lowest BCUT2D eigenvalue weighted by molar-refractivity contribution is -0.124. The SMILES string of the molecule is O=C(CN1C(=O)CCCc2sccc21)N[C@H]1C[C@@H]1C1CCCCC1. The van der Waals surface area contributed by atoms with Gasteiger partial charge in [0.25, 0.3) is 0 Å². The molecule has 4 nitrogen and oxygen atoms in total. The number of fused-ring (bicyclic) bond motifs is 1. The second kappa shape index (κ2) is 6.87. The lowest BCUT2D eigenvalue weighted by Crippen LogP contribution is -2.41. The monoisotopic (exact) mass is 346 g/mol. The van der Waals surface area contributed by atoms with Crippen molar-refractivity contribution in [2.75, 3.05) is 11.4 Å². The van der Waals surface area contributed by atoms with E-state index in [1.807, 2.05) is 11.4 Å². The second-order valence-corrected chi connectivity index (χ2v) is 8.53. The zero-order valence-electron chi connectivity index (χ0n) is 14.1. The number of hydrogen-bond acceptors (Lipinski definition) is 3. The first-order valence-corrected chi connectivity index (χ1v) is 10.3. The van der Waals surface area contributed by atoms with Crippen LogP contribution in [0.2, 0.25) is 0 Å². The van der Waals surface area contributed by atoms with Crippen molar-refractivity contribution in [3.63, 3.8) is 0 Å². The maximum atomic E-state index is 12.5. The van der Waals surface area contributed by atoms with Gasteiger partial charge in [-0.25, -0.2) is 0 Å². The van der Waals surface area contributed by atoms with Gasteiger partial charge in [-0.05, 0) is 42.5 Å². The van der Waals surface area contributed by atoms with Crippen LogP contribution in [-0.4, -0.2) is 24.4 Å². The van der Waals surface area contributed by atoms with Crippen molar-refractivity contribution in [1.29, 1.82) is 0 Å². The molecule has 1 aromatic rings. The van der Waals surface area contributed by atoms with Crippen LogP contribution in [0.4, 0.5) is 5.69 Å². The minimum atomic E-state index is 0.00529. The van der Waals surface area contributed by atoms with Crippen LogP contribution in [0.3, 0.4) is 0 Å². The van der Waals surface area contributed by atoms with Crippen molar-refractivity contribution in [2.24, 2.45) is 11.8 Å². The van der Waals surface area contributed by atoms with E-state index in [9.17, 15) is 9.59 Å². The lowest BCUT2D eigenvalue weighted by Gasteiger charge is -2.23. The van der Waals surface area contributed by atoms with Gasteiger partial charge in [0.05, 0.1) is 5.69 Å². The van der Waals surface area contributed by atoms with Crippen molar-refractivity contribution in [2.45, 2.75) is 63.8 Å². The molecule has 3 aliphatic rings. The molecular weight excluding hydrogens is 320 g/mol. The van der Waals surface area contributed by atoms with Crippen molar-refractivity contribution in [3.05, 3.63) is 16.3 Å². The molecule has 2 heterocycles. The first-order chi connectivity index (χ1) is 11.7. The highest BCUT2D eigenvalue weighted by Crippen LogP contribution is 2.44.